The minimum absolute atomic E-state index is 0.299. The second kappa shape index (κ2) is 9.37. The minimum Gasteiger partial charge on any atom is -0.497 e. The zero-order valence-corrected chi connectivity index (χ0v) is 17.3. The zero-order chi connectivity index (χ0) is 20.0. The molecule has 1 unspecified atom stereocenters. The third-order valence-corrected chi connectivity index (χ3v) is 5.64. The van der Waals surface area contributed by atoms with E-state index in [1.165, 1.54) is 0 Å². The number of methoxy groups -OCH3 is 2. The number of guanidine groups is 1. The topological polar surface area (TPSA) is 78.4 Å². The van der Waals surface area contributed by atoms with Crippen molar-refractivity contribution in [2.75, 3.05) is 45.3 Å². The molecule has 156 valence electrons. The molecule has 3 rings (SSSR count). The maximum absolute atomic E-state index is 10.6. The number of benzene rings is 1. The van der Waals surface area contributed by atoms with Gasteiger partial charge < -0.3 is 30.1 Å². The van der Waals surface area contributed by atoms with Gasteiger partial charge in [0.15, 0.2) is 5.96 Å². The molecule has 1 aromatic carbocycles. The highest BCUT2D eigenvalue weighted by atomic mass is 16.5. The highest BCUT2D eigenvalue weighted by Crippen LogP contribution is 2.31. The Balaban J connectivity index is 1.62. The SMILES string of the molecule is CCNC(=NCC1(O)CCCC1)NC1CCN(c2cc(OC)cc(OC)c2)C1. The van der Waals surface area contributed by atoms with Crippen molar-refractivity contribution in [2.45, 2.75) is 50.7 Å². The highest BCUT2D eigenvalue weighted by Gasteiger charge is 2.31. The van der Waals surface area contributed by atoms with Crippen LogP contribution in [0.4, 0.5) is 5.69 Å². The van der Waals surface area contributed by atoms with E-state index in [9.17, 15) is 5.11 Å². The van der Waals surface area contributed by atoms with Crippen LogP contribution in [0.2, 0.25) is 0 Å². The first kappa shape index (κ1) is 20.6. The molecule has 28 heavy (non-hydrogen) atoms. The Morgan fingerprint density at radius 3 is 2.50 bits per heavy atom. The van der Waals surface area contributed by atoms with Crippen molar-refractivity contribution in [1.29, 1.82) is 0 Å². The van der Waals surface area contributed by atoms with E-state index in [4.69, 9.17) is 9.47 Å². The molecule has 1 heterocycles. The van der Waals surface area contributed by atoms with Gasteiger partial charge in [-0.05, 0) is 26.2 Å². The van der Waals surface area contributed by atoms with E-state index in [1.54, 1.807) is 14.2 Å². The van der Waals surface area contributed by atoms with Crippen LogP contribution in [0.5, 0.6) is 11.5 Å². The van der Waals surface area contributed by atoms with E-state index < -0.39 is 5.60 Å². The van der Waals surface area contributed by atoms with Crippen molar-refractivity contribution in [1.82, 2.24) is 10.6 Å². The maximum Gasteiger partial charge on any atom is 0.191 e. The number of anilines is 1. The Kier molecular flexibility index (Phi) is 6.88. The largest absolute Gasteiger partial charge is 0.497 e. The van der Waals surface area contributed by atoms with Gasteiger partial charge in [0, 0.05) is 49.6 Å². The summed E-state index contributed by atoms with van der Waals surface area (Å²) in [5.41, 5.74) is 0.476. The molecule has 1 aliphatic carbocycles. The fourth-order valence-corrected chi connectivity index (χ4v) is 4.02. The predicted octanol–water partition coefficient (Wildman–Crippen LogP) is 2.14. The lowest BCUT2D eigenvalue weighted by Crippen LogP contribution is -2.45. The summed E-state index contributed by atoms with van der Waals surface area (Å²) in [5.74, 6) is 2.38. The number of aliphatic hydroxyl groups is 1. The van der Waals surface area contributed by atoms with Gasteiger partial charge in [0.1, 0.15) is 11.5 Å². The van der Waals surface area contributed by atoms with Crippen molar-refractivity contribution in [3.63, 3.8) is 0 Å². The summed E-state index contributed by atoms with van der Waals surface area (Å²) in [4.78, 5) is 7.00. The molecule has 1 aliphatic heterocycles. The molecule has 0 spiro atoms. The number of hydrogen-bond acceptors (Lipinski definition) is 5. The monoisotopic (exact) mass is 390 g/mol. The van der Waals surface area contributed by atoms with Crippen molar-refractivity contribution >= 4 is 11.6 Å². The number of aliphatic imine (C=N–C) groups is 1. The molecule has 1 aromatic rings. The molecule has 0 bridgehead atoms. The number of nitrogens with one attached hydrogen (secondary N) is 2. The van der Waals surface area contributed by atoms with Gasteiger partial charge in [-0.2, -0.15) is 0 Å². The summed E-state index contributed by atoms with van der Waals surface area (Å²) in [7, 11) is 3.34. The first-order valence-electron chi connectivity index (χ1n) is 10.3. The predicted molar refractivity (Wildman–Crippen MR) is 113 cm³/mol. The molecule has 1 atom stereocenters. The molecular formula is C21H34N4O3. The van der Waals surface area contributed by atoms with E-state index in [0.29, 0.717) is 12.6 Å². The van der Waals surface area contributed by atoms with Gasteiger partial charge in [0.25, 0.3) is 0 Å². The Morgan fingerprint density at radius 1 is 1.21 bits per heavy atom. The number of rotatable bonds is 7. The molecule has 7 nitrogen and oxygen atoms in total. The molecule has 0 radical (unpaired) electrons. The normalized spacial score (nSPS) is 21.6. The quantitative estimate of drug-likeness (QED) is 0.489. The van der Waals surface area contributed by atoms with Crippen LogP contribution in [0.15, 0.2) is 23.2 Å². The van der Waals surface area contributed by atoms with Gasteiger partial charge in [-0.1, -0.05) is 12.8 Å². The molecule has 1 saturated carbocycles. The average Bonchev–Trinajstić information content (AvgIpc) is 3.35. The molecule has 1 saturated heterocycles. The van der Waals surface area contributed by atoms with Crippen LogP contribution in [0, 0.1) is 0 Å². The van der Waals surface area contributed by atoms with Crippen molar-refractivity contribution in [3.8, 4) is 11.5 Å². The molecule has 7 heteroatoms. The second-order valence-corrected chi connectivity index (χ2v) is 7.77. The van der Waals surface area contributed by atoms with Crippen molar-refractivity contribution in [3.05, 3.63) is 18.2 Å². The number of hydrogen-bond donors (Lipinski definition) is 3. The third-order valence-electron chi connectivity index (χ3n) is 5.64. The third kappa shape index (κ3) is 5.22. The smallest absolute Gasteiger partial charge is 0.191 e. The van der Waals surface area contributed by atoms with E-state index in [-0.39, 0.29) is 0 Å². The standard InChI is InChI=1S/C21H34N4O3/c1-4-22-20(23-15-21(26)8-5-6-9-21)24-16-7-10-25(14-16)17-11-18(27-2)13-19(12-17)28-3/h11-13,16,26H,4-10,14-15H2,1-3H3,(H2,22,23,24). The molecule has 0 aromatic heterocycles. The lowest BCUT2D eigenvalue weighted by molar-refractivity contribution is 0.0574. The first-order chi connectivity index (χ1) is 13.5. The van der Waals surface area contributed by atoms with Crippen LogP contribution in [-0.4, -0.2) is 63.1 Å². The van der Waals surface area contributed by atoms with Gasteiger partial charge in [-0.25, -0.2) is 0 Å². The second-order valence-electron chi connectivity index (χ2n) is 7.77. The lowest BCUT2D eigenvalue weighted by atomic mass is 10.0. The van der Waals surface area contributed by atoms with Gasteiger partial charge in [0.05, 0.1) is 26.4 Å². The van der Waals surface area contributed by atoms with E-state index in [0.717, 1.165) is 74.9 Å². The molecule has 0 amide bonds. The fourth-order valence-electron chi connectivity index (χ4n) is 4.02. The van der Waals surface area contributed by atoms with Crippen LogP contribution in [0.3, 0.4) is 0 Å². The Morgan fingerprint density at radius 2 is 1.89 bits per heavy atom. The zero-order valence-electron chi connectivity index (χ0n) is 17.3. The van der Waals surface area contributed by atoms with Crippen LogP contribution in [0.1, 0.15) is 39.0 Å². The van der Waals surface area contributed by atoms with Gasteiger partial charge in [0.2, 0.25) is 0 Å². The van der Waals surface area contributed by atoms with E-state index >= 15 is 0 Å². The van der Waals surface area contributed by atoms with Crippen molar-refractivity contribution < 1.29 is 14.6 Å². The summed E-state index contributed by atoms with van der Waals surface area (Å²) in [5, 5.41) is 17.4. The molecule has 2 aliphatic rings. The van der Waals surface area contributed by atoms with Gasteiger partial charge in [-0.15, -0.1) is 0 Å². The summed E-state index contributed by atoms with van der Waals surface area (Å²) in [6.07, 6.45) is 4.92. The lowest BCUT2D eigenvalue weighted by Gasteiger charge is -2.23. The van der Waals surface area contributed by atoms with Gasteiger partial charge in [-0.3, -0.25) is 4.99 Å². The van der Waals surface area contributed by atoms with Gasteiger partial charge >= 0.3 is 0 Å². The summed E-state index contributed by atoms with van der Waals surface area (Å²) in [6.45, 7) is 5.16. The van der Waals surface area contributed by atoms with Crippen molar-refractivity contribution in [2.24, 2.45) is 4.99 Å². The number of nitrogens with zero attached hydrogens (tertiary/aromatic N) is 2. The summed E-state index contributed by atoms with van der Waals surface area (Å²) >= 11 is 0. The van der Waals surface area contributed by atoms with E-state index in [2.05, 4.69) is 27.4 Å². The van der Waals surface area contributed by atoms with E-state index in [1.807, 2.05) is 18.2 Å². The Hall–Kier alpha value is -2.15. The van der Waals surface area contributed by atoms with Crippen LogP contribution < -0.4 is 25.0 Å². The average molecular weight is 391 g/mol. The highest BCUT2D eigenvalue weighted by molar-refractivity contribution is 5.80. The molecule has 2 fully saturated rings. The Bertz CT molecular complexity index is 651. The number of ether oxygens (including phenoxy) is 2. The maximum atomic E-state index is 10.6. The summed E-state index contributed by atoms with van der Waals surface area (Å²) < 4.78 is 10.8. The molecular weight excluding hydrogens is 356 g/mol. The summed E-state index contributed by atoms with van der Waals surface area (Å²) in [6, 6.07) is 6.27. The van der Waals surface area contributed by atoms with Crippen LogP contribution in [0.25, 0.3) is 0 Å². The first-order valence-corrected chi connectivity index (χ1v) is 10.3. The minimum atomic E-state index is -0.624. The molecule has 3 N–H and O–H groups in total. The van der Waals surface area contributed by atoms with Crippen LogP contribution in [-0.2, 0) is 0 Å². The van der Waals surface area contributed by atoms with Crippen LogP contribution >= 0.6 is 0 Å². The fraction of sp³-hybridized carbons (Fsp3) is 0.667. The Labute approximate surface area is 168 Å².